The maximum Gasteiger partial charge on any atom is 0.248 e. The van der Waals surface area contributed by atoms with E-state index >= 15 is 0 Å². The van der Waals surface area contributed by atoms with Gasteiger partial charge in [0.15, 0.2) is 0 Å². The second kappa shape index (κ2) is 10.3. The van der Waals surface area contributed by atoms with E-state index < -0.39 is 5.91 Å². The highest BCUT2D eigenvalue weighted by atomic mass is 16.5. The van der Waals surface area contributed by atoms with E-state index in [9.17, 15) is 4.79 Å². The van der Waals surface area contributed by atoms with Crippen LogP contribution in [-0.4, -0.2) is 40.6 Å². The Labute approximate surface area is 164 Å². The van der Waals surface area contributed by atoms with E-state index in [0.717, 1.165) is 38.8 Å². The molecule has 0 atom stereocenters. The number of pyridine rings is 1. The molecule has 0 saturated carbocycles. The van der Waals surface area contributed by atoms with E-state index in [4.69, 9.17) is 10.5 Å². The number of nitrogens with one attached hydrogen (secondary N) is 1. The summed E-state index contributed by atoms with van der Waals surface area (Å²) in [6.45, 7) is 2.44. The molecule has 1 amide bonds. The number of amides is 1. The second-order valence-electron chi connectivity index (χ2n) is 6.49. The van der Waals surface area contributed by atoms with Crippen LogP contribution < -0.4 is 15.8 Å². The predicted molar refractivity (Wildman–Crippen MR) is 108 cm³/mol. The van der Waals surface area contributed by atoms with Crippen LogP contribution in [0.1, 0.15) is 36.0 Å². The molecule has 146 valence electrons. The van der Waals surface area contributed by atoms with E-state index in [2.05, 4.69) is 38.5 Å². The molecular formula is C21H25N5O2. The molecule has 0 radical (unpaired) electrons. The Balaban J connectivity index is 1.36. The van der Waals surface area contributed by atoms with Crippen LogP contribution in [0.4, 0.5) is 0 Å². The van der Waals surface area contributed by atoms with E-state index in [1.54, 1.807) is 24.5 Å². The van der Waals surface area contributed by atoms with Gasteiger partial charge in [-0.1, -0.05) is 23.8 Å². The van der Waals surface area contributed by atoms with Crippen molar-refractivity contribution in [1.29, 1.82) is 0 Å². The van der Waals surface area contributed by atoms with Crippen molar-refractivity contribution in [2.24, 2.45) is 5.73 Å². The van der Waals surface area contributed by atoms with Crippen LogP contribution in [0.3, 0.4) is 0 Å². The van der Waals surface area contributed by atoms with Gasteiger partial charge in [0.2, 0.25) is 11.8 Å². The third-order valence-corrected chi connectivity index (χ3v) is 4.35. The van der Waals surface area contributed by atoms with Gasteiger partial charge in [-0.05, 0) is 50.9 Å². The Morgan fingerprint density at radius 3 is 2.82 bits per heavy atom. The van der Waals surface area contributed by atoms with Crippen molar-refractivity contribution in [2.75, 3.05) is 19.7 Å². The first-order valence-electron chi connectivity index (χ1n) is 9.50. The number of hydrogen-bond acceptors (Lipinski definition) is 6. The molecular weight excluding hydrogens is 354 g/mol. The fourth-order valence-electron chi connectivity index (χ4n) is 2.83. The SMILES string of the molecule is NC(=O)c1ccnc(-c2cnc(OCCCNCCC3=CCCC=C3)cn2)c1. The van der Waals surface area contributed by atoms with Crippen molar-refractivity contribution in [1.82, 2.24) is 20.3 Å². The summed E-state index contributed by atoms with van der Waals surface area (Å²) >= 11 is 0. The molecule has 2 aromatic rings. The first kappa shape index (κ1) is 19.7. The summed E-state index contributed by atoms with van der Waals surface area (Å²) in [4.78, 5) is 24.0. The number of primary amides is 1. The van der Waals surface area contributed by atoms with Gasteiger partial charge in [0, 0.05) is 11.8 Å². The first-order valence-corrected chi connectivity index (χ1v) is 9.50. The zero-order valence-corrected chi connectivity index (χ0v) is 15.8. The minimum Gasteiger partial charge on any atom is -0.477 e. The van der Waals surface area contributed by atoms with Gasteiger partial charge in [0.05, 0.1) is 24.7 Å². The molecule has 0 saturated heterocycles. The van der Waals surface area contributed by atoms with E-state index in [1.807, 2.05) is 0 Å². The Morgan fingerprint density at radius 2 is 2.07 bits per heavy atom. The average molecular weight is 379 g/mol. The zero-order chi connectivity index (χ0) is 19.6. The lowest BCUT2D eigenvalue weighted by Gasteiger charge is -2.09. The molecule has 3 rings (SSSR count). The molecule has 7 nitrogen and oxygen atoms in total. The number of allylic oxidation sites excluding steroid dienone is 3. The normalized spacial score (nSPS) is 13.2. The Morgan fingerprint density at radius 1 is 1.14 bits per heavy atom. The summed E-state index contributed by atoms with van der Waals surface area (Å²) in [5, 5.41) is 3.43. The van der Waals surface area contributed by atoms with Crippen LogP contribution in [0.15, 0.2) is 54.5 Å². The molecule has 1 aliphatic carbocycles. The maximum atomic E-state index is 11.3. The summed E-state index contributed by atoms with van der Waals surface area (Å²) in [7, 11) is 0. The monoisotopic (exact) mass is 379 g/mol. The van der Waals surface area contributed by atoms with Crippen LogP contribution in [-0.2, 0) is 0 Å². The lowest BCUT2D eigenvalue weighted by atomic mass is 10.0. The van der Waals surface area contributed by atoms with E-state index in [0.29, 0.717) is 29.4 Å². The van der Waals surface area contributed by atoms with Crippen LogP contribution >= 0.6 is 0 Å². The summed E-state index contributed by atoms with van der Waals surface area (Å²) < 4.78 is 5.62. The average Bonchev–Trinajstić information content (AvgIpc) is 2.74. The second-order valence-corrected chi connectivity index (χ2v) is 6.49. The number of carbonyl (C=O) groups is 1. The standard InChI is InChI=1S/C21H25N5O2/c22-21(27)17-8-11-24-18(13-17)19-14-26-20(15-25-19)28-12-4-9-23-10-7-16-5-2-1-3-6-16/h2,5-6,8,11,13-15,23H,1,3-4,7,9-10,12H2,(H2,22,27). The summed E-state index contributed by atoms with van der Waals surface area (Å²) in [5.74, 6) is -0.0376. The topological polar surface area (TPSA) is 103 Å². The van der Waals surface area contributed by atoms with Gasteiger partial charge in [0.1, 0.15) is 5.69 Å². The lowest BCUT2D eigenvalue weighted by molar-refractivity contribution is 0.1000. The smallest absolute Gasteiger partial charge is 0.248 e. The highest BCUT2D eigenvalue weighted by molar-refractivity contribution is 5.93. The summed E-state index contributed by atoms with van der Waals surface area (Å²) in [6, 6.07) is 3.16. The fraction of sp³-hybridized carbons (Fsp3) is 0.333. The number of ether oxygens (including phenoxy) is 1. The first-order chi connectivity index (χ1) is 13.7. The summed E-state index contributed by atoms with van der Waals surface area (Å²) in [5.41, 5.74) is 8.19. The molecule has 0 spiro atoms. The Kier molecular flexibility index (Phi) is 7.26. The Bertz CT molecular complexity index is 846. The molecule has 0 aromatic carbocycles. The van der Waals surface area contributed by atoms with Crippen molar-refractivity contribution in [2.45, 2.75) is 25.7 Å². The number of aromatic nitrogens is 3. The third-order valence-electron chi connectivity index (χ3n) is 4.35. The van der Waals surface area contributed by atoms with Gasteiger partial charge in [-0.15, -0.1) is 0 Å². The maximum absolute atomic E-state index is 11.3. The largest absolute Gasteiger partial charge is 0.477 e. The quantitative estimate of drug-likeness (QED) is 0.615. The van der Waals surface area contributed by atoms with E-state index in [1.165, 1.54) is 11.8 Å². The molecule has 7 heteroatoms. The van der Waals surface area contributed by atoms with Gasteiger partial charge in [-0.3, -0.25) is 9.78 Å². The minimum atomic E-state index is -0.503. The molecule has 2 aromatic heterocycles. The van der Waals surface area contributed by atoms with E-state index in [-0.39, 0.29) is 0 Å². The molecule has 28 heavy (non-hydrogen) atoms. The van der Waals surface area contributed by atoms with Crippen LogP contribution in [0.25, 0.3) is 11.4 Å². The highest BCUT2D eigenvalue weighted by Crippen LogP contribution is 2.16. The minimum absolute atomic E-state index is 0.385. The molecule has 2 heterocycles. The van der Waals surface area contributed by atoms with Gasteiger partial charge in [-0.25, -0.2) is 9.97 Å². The number of hydrogen-bond donors (Lipinski definition) is 2. The molecule has 0 unspecified atom stereocenters. The van der Waals surface area contributed by atoms with Gasteiger partial charge < -0.3 is 15.8 Å². The number of carbonyl (C=O) groups excluding carboxylic acids is 1. The fourth-order valence-corrected chi connectivity index (χ4v) is 2.83. The molecule has 0 bridgehead atoms. The molecule has 1 aliphatic rings. The van der Waals surface area contributed by atoms with Crippen molar-refractivity contribution in [3.8, 4) is 17.3 Å². The van der Waals surface area contributed by atoms with Crippen LogP contribution in [0.2, 0.25) is 0 Å². The number of nitrogens with two attached hydrogens (primary N) is 1. The number of rotatable bonds is 10. The van der Waals surface area contributed by atoms with Gasteiger partial charge in [0.25, 0.3) is 0 Å². The zero-order valence-electron chi connectivity index (χ0n) is 15.8. The lowest BCUT2D eigenvalue weighted by Crippen LogP contribution is -2.19. The summed E-state index contributed by atoms with van der Waals surface area (Å²) in [6.07, 6.45) is 15.7. The molecule has 0 fully saturated rings. The molecule has 3 N–H and O–H groups in total. The van der Waals surface area contributed by atoms with Crippen LogP contribution in [0, 0.1) is 0 Å². The van der Waals surface area contributed by atoms with Gasteiger partial charge in [-0.2, -0.15) is 0 Å². The van der Waals surface area contributed by atoms with Crippen molar-refractivity contribution >= 4 is 5.91 Å². The highest BCUT2D eigenvalue weighted by Gasteiger charge is 2.07. The van der Waals surface area contributed by atoms with Crippen LogP contribution in [0.5, 0.6) is 5.88 Å². The van der Waals surface area contributed by atoms with Crippen molar-refractivity contribution in [3.63, 3.8) is 0 Å². The van der Waals surface area contributed by atoms with Crippen molar-refractivity contribution < 1.29 is 9.53 Å². The number of nitrogens with zero attached hydrogens (tertiary/aromatic N) is 3. The van der Waals surface area contributed by atoms with Gasteiger partial charge >= 0.3 is 0 Å². The van der Waals surface area contributed by atoms with Crippen molar-refractivity contribution in [3.05, 3.63) is 60.1 Å². The predicted octanol–water partition coefficient (Wildman–Crippen LogP) is 2.66. The third kappa shape index (κ3) is 5.99. The Hall–Kier alpha value is -3.06. The molecule has 0 aliphatic heterocycles.